The van der Waals surface area contributed by atoms with Crippen LogP contribution in [0.15, 0.2) is 47.1 Å². The van der Waals surface area contributed by atoms with E-state index in [9.17, 15) is 9.90 Å². The summed E-state index contributed by atoms with van der Waals surface area (Å²) in [6, 6.07) is 10.7. The lowest BCUT2D eigenvalue weighted by Crippen LogP contribution is -2.17. The van der Waals surface area contributed by atoms with E-state index in [0.29, 0.717) is 23.2 Å². The molecule has 1 aromatic carbocycles. The first-order valence-corrected chi connectivity index (χ1v) is 9.84. The molecule has 6 heteroatoms. The number of furan rings is 1. The summed E-state index contributed by atoms with van der Waals surface area (Å²) < 4.78 is 7.24. The van der Waals surface area contributed by atoms with Gasteiger partial charge in [0.2, 0.25) is 0 Å². The molecule has 3 aromatic rings. The van der Waals surface area contributed by atoms with Crippen molar-refractivity contribution < 1.29 is 14.3 Å². The van der Waals surface area contributed by atoms with E-state index in [-0.39, 0.29) is 17.4 Å². The van der Waals surface area contributed by atoms with Gasteiger partial charge in [0.1, 0.15) is 5.75 Å². The van der Waals surface area contributed by atoms with E-state index >= 15 is 0 Å². The van der Waals surface area contributed by atoms with Crippen LogP contribution < -0.4 is 5.32 Å². The number of phenolic OH excluding ortho intramolecular Hbond substituents is 1. The maximum atomic E-state index is 12.2. The summed E-state index contributed by atoms with van der Waals surface area (Å²) in [5.74, 6) is 0.592. The highest BCUT2D eigenvalue weighted by Crippen LogP contribution is 2.40. The highest BCUT2D eigenvalue weighted by atomic mass is 16.3. The SMILES string of the molecule is CCC(C)n1nc(-c2cc(NC(=O)c3ccco3)ccc2O)cc1C1CCC1. The van der Waals surface area contributed by atoms with E-state index in [1.54, 1.807) is 30.3 Å². The highest BCUT2D eigenvalue weighted by molar-refractivity contribution is 6.02. The van der Waals surface area contributed by atoms with Crippen molar-refractivity contribution in [3.63, 3.8) is 0 Å². The largest absolute Gasteiger partial charge is 0.507 e. The molecule has 2 aromatic heterocycles. The minimum atomic E-state index is -0.332. The van der Waals surface area contributed by atoms with Crippen LogP contribution >= 0.6 is 0 Å². The summed E-state index contributed by atoms with van der Waals surface area (Å²) >= 11 is 0. The number of nitrogens with one attached hydrogen (secondary N) is 1. The van der Waals surface area contributed by atoms with E-state index in [2.05, 4.69) is 29.9 Å². The predicted molar refractivity (Wildman–Crippen MR) is 108 cm³/mol. The number of aromatic nitrogens is 2. The number of anilines is 1. The molecule has 0 radical (unpaired) electrons. The van der Waals surface area contributed by atoms with Gasteiger partial charge in [0.15, 0.2) is 5.76 Å². The lowest BCUT2D eigenvalue weighted by Gasteiger charge is -2.27. The van der Waals surface area contributed by atoms with Gasteiger partial charge in [-0.05, 0) is 62.6 Å². The number of phenols is 1. The molecule has 1 aliphatic rings. The molecule has 1 atom stereocenters. The fourth-order valence-electron chi connectivity index (χ4n) is 3.49. The molecule has 2 heterocycles. The molecule has 4 rings (SSSR count). The Hall–Kier alpha value is -3.02. The van der Waals surface area contributed by atoms with Crippen molar-refractivity contribution in [2.45, 2.75) is 51.5 Å². The van der Waals surface area contributed by atoms with Crippen LogP contribution in [-0.4, -0.2) is 20.8 Å². The Balaban J connectivity index is 1.66. The maximum Gasteiger partial charge on any atom is 0.291 e. The molecular formula is C22H25N3O3. The van der Waals surface area contributed by atoms with Crippen molar-refractivity contribution in [2.75, 3.05) is 5.32 Å². The number of hydrogen-bond donors (Lipinski definition) is 2. The number of nitrogens with zero attached hydrogens (tertiary/aromatic N) is 2. The van der Waals surface area contributed by atoms with Crippen molar-refractivity contribution in [1.29, 1.82) is 0 Å². The average Bonchev–Trinajstić information content (AvgIpc) is 3.31. The summed E-state index contributed by atoms with van der Waals surface area (Å²) in [4.78, 5) is 12.2. The maximum absolute atomic E-state index is 12.2. The molecule has 0 bridgehead atoms. The molecule has 1 saturated carbocycles. The van der Waals surface area contributed by atoms with Crippen molar-refractivity contribution in [3.8, 4) is 17.0 Å². The number of benzene rings is 1. The zero-order valence-corrected chi connectivity index (χ0v) is 16.2. The fraction of sp³-hybridized carbons (Fsp3) is 0.364. The molecule has 0 spiro atoms. The summed E-state index contributed by atoms with van der Waals surface area (Å²) in [5, 5.41) is 18.0. The van der Waals surface area contributed by atoms with Crippen LogP contribution in [0.25, 0.3) is 11.3 Å². The van der Waals surface area contributed by atoms with Crippen molar-refractivity contribution in [1.82, 2.24) is 9.78 Å². The fourth-order valence-corrected chi connectivity index (χ4v) is 3.49. The Morgan fingerprint density at radius 1 is 1.36 bits per heavy atom. The van der Waals surface area contributed by atoms with Crippen molar-refractivity contribution in [2.24, 2.45) is 0 Å². The van der Waals surface area contributed by atoms with E-state index in [1.165, 1.54) is 31.2 Å². The van der Waals surface area contributed by atoms with Crippen LogP contribution in [0.5, 0.6) is 5.75 Å². The number of carbonyl (C=O) groups is 1. The van der Waals surface area contributed by atoms with Gasteiger partial charge >= 0.3 is 0 Å². The third kappa shape index (κ3) is 3.42. The Kier molecular flexibility index (Phi) is 4.94. The van der Waals surface area contributed by atoms with Crippen molar-refractivity contribution >= 4 is 11.6 Å². The Morgan fingerprint density at radius 3 is 2.82 bits per heavy atom. The van der Waals surface area contributed by atoms with Gasteiger partial charge in [0.25, 0.3) is 5.91 Å². The Morgan fingerprint density at radius 2 is 2.18 bits per heavy atom. The van der Waals surface area contributed by atoms with Gasteiger partial charge in [-0.25, -0.2) is 0 Å². The molecule has 1 amide bonds. The van der Waals surface area contributed by atoms with Gasteiger partial charge in [-0.3, -0.25) is 9.48 Å². The summed E-state index contributed by atoms with van der Waals surface area (Å²) in [7, 11) is 0. The number of amides is 1. The quantitative estimate of drug-likeness (QED) is 0.567. The summed E-state index contributed by atoms with van der Waals surface area (Å²) in [6.07, 6.45) is 6.08. The van der Waals surface area contributed by atoms with E-state index < -0.39 is 0 Å². The zero-order chi connectivity index (χ0) is 19.7. The lowest BCUT2D eigenvalue weighted by atomic mass is 9.82. The molecule has 28 heavy (non-hydrogen) atoms. The lowest BCUT2D eigenvalue weighted by molar-refractivity contribution is 0.0996. The average molecular weight is 379 g/mol. The van der Waals surface area contributed by atoms with Crippen molar-refractivity contribution in [3.05, 3.63) is 54.1 Å². The van der Waals surface area contributed by atoms with Crippen LogP contribution in [-0.2, 0) is 0 Å². The van der Waals surface area contributed by atoms with Gasteiger partial charge in [0, 0.05) is 28.9 Å². The topological polar surface area (TPSA) is 80.3 Å². The smallest absolute Gasteiger partial charge is 0.291 e. The van der Waals surface area contributed by atoms with Crippen LogP contribution in [0.3, 0.4) is 0 Å². The normalized spacial score (nSPS) is 15.2. The van der Waals surface area contributed by atoms with Gasteiger partial charge in [-0.1, -0.05) is 13.3 Å². The second-order valence-corrected chi connectivity index (χ2v) is 7.45. The van der Waals surface area contributed by atoms with E-state index in [1.807, 2.05) is 0 Å². The van der Waals surface area contributed by atoms with Crippen LogP contribution in [0.2, 0.25) is 0 Å². The molecule has 1 fully saturated rings. The summed E-state index contributed by atoms with van der Waals surface area (Å²) in [6.45, 7) is 4.32. The highest BCUT2D eigenvalue weighted by Gasteiger charge is 2.26. The van der Waals surface area contributed by atoms with Gasteiger partial charge in [-0.15, -0.1) is 0 Å². The zero-order valence-electron chi connectivity index (χ0n) is 16.2. The van der Waals surface area contributed by atoms with Gasteiger partial charge in [-0.2, -0.15) is 5.10 Å². The van der Waals surface area contributed by atoms with E-state index in [0.717, 1.165) is 12.1 Å². The van der Waals surface area contributed by atoms with Crippen LogP contribution in [0, 0.1) is 0 Å². The molecule has 0 aliphatic heterocycles. The van der Waals surface area contributed by atoms with Gasteiger partial charge < -0.3 is 14.8 Å². The van der Waals surface area contributed by atoms with Crippen LogP contribution in [0.4, 0.5) is 5.69 Å². The Labute approximate surface area is 164 Å². The molecule has 1 unspecified atom stereocenters. The predicted octanol–water partition coefficient (Wildman–Crippen LogP) is 5.34. The molecule has 1 aliphatic carbocycles. The minimum Gasteiger partial charge on any atom is -0.507 e. The number of rotatable bonds is 6. The third-order valence-electron chi connectivity index (χ3n) is 5.57. The molecule has 0 saturated heterocycles. The van der Waals surface area contributed by atoms with E-state index in [4.69, 9.17) is 9.52 Å². The first-order valence-electron chi connectivity index (χ1n) is 9.84. The monoisotopic (exact) mass is 379 g/mol. The number of hydrogen-bond acceptors (Lipinski definition) is 4. The summed E-state index contributed by atoms with van der Waals surface area (Å²) in [5.41, 5.74) is 3.16. The number of aromatic hydroxyl groups is 1. The second kappa shape index (κ2) is 7.54. The van der Waals surface area contributed by atoms with Crippen LogP contribution in [0.1, 0.15) is 67.7 Å². The number of carbonyl (C=O) groups excluding carboxylic acids is 1. The molecular weight excluding hydrogens is 354 g/mol. The second-order valence-electron chi connectivity index (χ2n) is 7.45. The Bertz CT molecular complexity index is 949. The standard InChI is InChI=1S/C22H25N3O3/c1-3-14(2)25-19(15-6-4-7-15)13-18(24-25)17-12-16(9-10-20(17)26)23-22(27)21-8-5-11-28-21/h5,8-15,26H,3-4,6-7H2,1-2H3,(H,23,27). The third-order valence-corrected chi connectivity index (χ3v) is 5.57. The molecule has 2 N–H and O–H groups in total. The molecule has 146 valence electrons. The first-order chi connectivity index (χ1) is 13.6. The van der Waals surface area contributed by atoms with Gasteiger partial charge in [0.05, 0.1) is 12.0 Å². The molecule has 6 nitrogen and oxygen atoms in total. The first kappa shape index (κ1) is 18.3. The minimum absolute atomic E-state index is 0.143.